The number of fused-ring (bicyclic) bond motifs is 3. The molecular weight excluding hydrogens is 380 g/mol. The molecule has 7 nitrogen and oxygen atoms in total. The Bertz CT molecular complexity index is 806. The van der Waals surface area contributed by atoms with E-state index in [1.54, 1.807) is 23.8 Å². The van der Waals surface area contributed by atoms with E-state index in [-0.39, 0.29) is 23.3 Å². The number of amides is 2. The summed E-state index contributed by atoms with van der Waals surface area (Å²) in [6.07, 6.45) is 2.04. The van der Waals surface area contributed by atoms with Crippen LogP contribution in [-0.4, -0.2) is 61.0 Å². The van der Waals surface area contributed by atoms with Crippen LogP contribution in [0.4, 0.5) is 0 Å². The number of carbonyl (C=O) groups excluding carboxylic acids is 2. The molecule has 28 heavy (non-hydrogen) atoms. The summed E-state index contributed by atoms with van der Waals surface area (Å²) in [6.45, 7) is 5.25. The Morgan fingerprint density at radius 3 is 2.79 bits per heavy atom. The zero-order valence-corrected chi connectivity index (χ0v) is 17.4. The van der Waals surface area contributed by atoms with E-state index in [9.17, 15) is 9.59 Å². The van der Waals surface area contributed by atoms with Crippen LogP contribution in [0.15, 0.2) is 12.1 Å². The van der Waals surface area contributed by atoms with E-state index < -0.39 is 10.8 Å². The van der Waals surface area contributed by atoms with Gasteiger partial charge in [-0.25, -0.2) is 0 Å². The zero-order chi connectivity index (χ0) is 20.1. The third-order valence-corrected chi connectivity index (χ3v) is 7.21. The first-order chi connectivity index (χ1) is 13.4. The first-order valence-corrected chi connectivity index (χ1v) is 10.4. The third-order valence-electron chi connectivity index (χ3n) is 5.67. The highest BCUT2D eigenvalue weighted by Crippen LogP contribution is 2.58. The Kier molecular flexibility index (Phi) is 4.95. The summed E-state index contributed by atoms with van der Waals surface area (Å²) < 4.78 is 16.0. The molecule has 152 valence electrons. The fraction of sp³-hybridized carbons (Fsp3) is 0.600. The number of hydrogen-bond acceptors (Lipinski definition) is 6. The molecule has 1 aromatic carbocycles. The highest BCUT2D eigenvalue weighted by Gasteiger charge is 2.58. The second-order valence-electron chi connectivity index (χ2n) is 7.83. The van der Waals surface area contributed by atoms with Crippen molar-refractivity contribution in [2.75, 3.05) is 27.4 Å². The largest absolute Gasteiger partial charge is 0.493 e. The molecule has 3 heterocycles. The molecule has 0 saturated carbocycles. The van der Waals surface area contributed by atoms with Gasteiger partial charge in [0.25, 0.3) is 5.91 Å². The Balaban J connectivity index is 1.63. The third kappa shape index (κ3) is 2.93. The molecule has 3 atom stereocenters. The van der Waals surface area contributed by atoms with Gasteiger partial charge in [0.05, 0.1) is 25.9 Å². The van der Waals surface area contributed by atoms with Gasteiger partial charge in [-0.2, -0.15) is 0 Å². The predicted octanol–water partition coefficient (Wildman–Crippen LogP) is 2.35. The number of ether oxygens (including phenoxy) is 3. The van der Waals surface area contributed by atoms with Crippen LogP contribution in [0.25, 0.3) is 0 Å². The number of methoxy groups -OCH3 is 2. The first kappa shape index (κ1) is 19.4. The smallest absolute Gasteiger partial charge is 0.260 e. The molecule has 4 rings (SSSR count). The molecule has 8 heteroatoms. The van der Waals surface area contributed by atoms with Crippen LogP contribution < -0.4 is 14.8 Å². The minimum absolute atomic E-state index is 0.0627. The van der Waals surface area contributed by atoms with Crippen molar-refractivity contribution >= 4 is 23.6 Å². The van der Waals surface area contributed by atoms with Gasteiger partial charge in [0, 0.05) is 23.5 Å². The molecule has 0 bridgehead atoms. The van der Waals surface area contributed by atoms with Gasteiger partial charge in [-0.1, -0.05) is 6.07 Å². The van der Waals surface area contributed by atoms with Crippen LogP contribution in [0.3, 0.4) is 0 Å². The van der Waals surface area contributed by atoms with Gasteiger partial charge in [-0.15, -0.1) is 11.8 Å². The molecule has 1 aromatic rings. The number of carbonyl (C=O) groups is 2. The van der Waals surface area contributed by atoms with Gasteiger partial charge in [-0.3, -0.25) is 9.59 Å². The fourth-order valence-corrected chi connectivity index (χ4v) is 5.95. The maximum absolute atomic E-state index is 13.4. The van der Waals surface area contributed by atoms with E-state index in [1.165, 1.54) is 7.11 Å². The van der Waals surface area contributed by atoms with E-state index >= 15 is 0 Å². The second kappa shape index (κ2) is 7.15. The monoisotopic (exact) mass is 406 g/mol. The molecule has 3 aliphatic heterocycles. The molecule has 0 radical (unpaired) electrons. The molecule has 2 fully saturated rings. The van der Waals surface area contributed by atoms with E-state index in [0.29, 0.717) is 23.6 Å². The lowest BCUT2D eigenvalue weighted by molar-refractivity contribution is -0.126. The summed E-state index contributed by atoms with van der Waals surface area (Å²) in [5, 5.41) is 2.79. The van der Waals surface area contributed by atoms with Crippen molar-refractivity contribution in [2.24, 2.45) is 0 Å². The van der Waals surface area contributed by atoms with Gasteiger partial charge >= 0.3 is 0 Å². The summed E-state index contributed by atoms with van der Waals surface area (Å²) in [5.74, 6) is 0.615. The topological polar surface area (TPSA) is 77.1 Å². The first-order valence-electron chi connectivity index (χ1n) is 9.53. The van der Waals surface area contributed by atoms with Crippen molar-refractivity contribution in [3.8, 4) is 11.5 Å². The van der Waals surface area contributed by atoms with E-state index in [4.69, 9.17) is 14.2 Å². The molecule has 2 saturated heterocycles. The molecule has 1 N–H and O–H groups in total. The Morgan fingerprint density at radius 1 is 1.36 bits per heavy atom. The van der Waals surface area contributed by atoms with Crippen LogP contribution in [0.2, 0.25) is 0 Å². The molecule has 2 amide bonds. The molecule has 0 aromatic heterocycles. The van der Waals surface area contributed by atoms with Crippen LogP contribution >= 0.6 is 11.8 Å². The molecular formula is C20H26N2O5S. The normalized spacial score (nSPS) is 27.5. The number of benzene rings is 1. The van der Waals surface area contributed by atoms with Gasteiger partial charge < -0.3 is 24.4 Å². The van der Waals surface area contributed by atoms with Gasteiger partial charge in [0.1, 0.15) is 11.4 Å². The van der Waals surface area contributed by atoms with Gasteiger partial charge in [-0.05, 0) is 32.8 Å². The van der Waals surface area contributed by atoms with E-state index in [2.05, 4.69) is 5.32 Å². The van der Waals surface area contributed by atoms with Crippen LogP contribution in [0.5, 0.6) is 11.5 Å². The lowest BCUT2D eigenvalue weighted by Crippen LogP contribution is -2.53. The van der Waals surface area contributed by atoms with Gasteiger partial charge in [0.15, 0.2) is 11.5 Å². The van der Waals surface area contributed by atoms with Crippen molar-refractivity contribution in [1.82, 2.24) is 10.2 Å². The Morgan fingerprint density at radius 2 is 2.14 bits per heavy atom. The average Bonchev–Trinajstić information content (AvgIpc) is 3.34. The predicted molar refractivity (Wildman–Crippen MR) is 106 cm³/mol. The minimum Gasteiger partial charge on any atom is -0.493 e. The molecule has 3 aliphatic rings. The Labute approximate surface area is 169 Å². The van der Waals surface area contributed by atoms with Gasteiger partial charge in [0.2, 0.25) is 5.91 Å². The fourth-order valence-electron chi connectivity index (χ4n) is 4.37. The number of nitrogens with zero attached hydrogens (tertiary/aromatic N) is 1. The maximum Gasteiger partial charge on any atom is 0.260 e. The van der Waals surface area contributed by atoms with Crippen molar-refractivity contribution in [2.45, 2.75) is 49.0 Å². The summed E-state index contributed by atoms with van der Waals surface area (Å²) in [7, 11) is 3.07. The van der Waals surface area contributed by atoms with E-state index in [1.807, 2.05) is 26.0 Å². The van der Waals surface area contributed by atoms with Crippen molar-refractivity contribution < 1.29 is 23.8 Å². The maximum atomic E-state index is 13.4. The summed E-state index contributed by atoms with van der Waals surface area (Å²) in [4.78, 5) is 28.2. The number of hydrogen-bond donors (Lipinski definition) is 1. The standard InChI is InChI=1S/C20H26N2O5S/c1-20(2)16(17(23)21-10-11-6-5-9-27-11)22-18(24)14-12(19(22)28-20)7-8-13(25-3)15(14)26-4/h7-8,11,16,19H,5-6,9-10H2,1-4H3,(H,21,23)/t11-,16-,19-/m1/s1. The summed E-state index contributed by atoms with van der Waals surface area (Å²) in [6, 6.07) is 3.14. The average molecular weight is 407 g/mol. The molecule has 0 unspecified atom stereocenters. The number of thioether (sulfide) groups is 1. The second-order valence-corrected chi connectivity index (χ2v) is 9.57. The van der Waals surface area contributed by atoms with E-state index in [0.717, 1.165) is 25.0 Å². The van der Waals surface area contributed by atoms with Crippen LogP contribution in [0, 0.1) is 0 Å². The molecule has 0 aliphatic carbocycles. The molecule has 0 spiro atoms. The Hall–Kier alpha value is -1.93. The van der Waals surface area contributed by atoms with Crippen molar-refractivity contribution in [3.63, 3.8) is 0 Å². The quantitative estimate of drug-likeness (QED) is 0.809. The van der Waals surface area contributed by atoms with Crippen molar-refractivity contribution in [3.05, 3.63) is 23.3 Å². The lowest BCUT2D eigenvalue weighted by Gasteiger charge is -2.30. The van der Waals surface area contributed by atoms with Crippen LogP contribution in [-0.2, 0) is 9.53 Å². The van der Waals surface area contributed by atoms with Crippen molar-refractivity contribution in [1.29, 1.82) is 0 Å². The zero-order valence-electron chi connectivity index (χ0n) is 16.6. The highest BCUT2D eigenvalue weighted by atomic mass is 32.2. The lowest BCUT2D eigenvalue weighted by atomic mass is 10.0. The van der Waals surface area contributed by atoms with Crippen LogP contribution in [0.1, 0.15) is 48.0 Å². The number of nitrogens with one attached hydrogen (secondary N) is 1. The highest BCUT2D eigenvalue weighted by molar-refractivity contribution is 8.01. The SMILES string of the molecule is COc1ccc2c(c1OC)C(=O)N1[C@@H]2SC(C)(C)[C@H]1C(=O)NC[C@H]1CCCO1. The summed E-state index contributed by atoms with van der Waals surface area (Å²) >= 11 is 1.63. The number of rotatable bonds is 5. The summed E-state index contributed by atoms with van der Waals surface area (Å²) in [5.41, 5.74) is 1.36. The minimum atomic E-state index is -0.570.